The van der Waals surface area contributed by atoms with Crippen LogP contribution in [0.3, 0.4) is 0 Å². The van der Waals surface area contributed by atoms with Crippen molar-refractivity contribution >= 4 is 22.6 Å². The number of nitrogens with two attached hydrogens (primary N) is 1. The van der Waals surface area contributed by atoms with Crippen LogP contribution >= 0.6 is 0 Å². The summed E-state index contributed by atoms with van der Waals surface area (Å²) in [5.74, 6) is 0.413. The molecular formula is C25H24FN5O2. The van der Waals surface area contributed by atoms with Gasteiger partial charge in [-0.1, -0.05) is 30.3 Å². The first-order valence-electron chi connectivity index (χ1n) is 10.9. The maximum atomic E-state index is 14.4. The molecule has 1 aliphatic rings. The number of carbonyl (C=O) groups excluding carboxylic acids is 1. The smallest absolute Gasteiger partial charge is 0.249 e. The molecule has 2 aromatic heterocycles. The molecule has 0 bridgehead atoms. The SMILES string of the molecule is Cc1cc2c(C(N)=O)cc(F)cc2n1-c1nc2c(c(NCc3ccccc3)n1)OCCCC2. The number of ether oxygens (including phenoxy) is 1. The van der Waals surface area contributed by atoms with Gasteiger partial charge in [-0.05, 0) is 49.9 Å². The van der Waals surface area contributed by atoms with Gasteiger partial charge in [0.05, 0.1) is 23.4 Å². The van der Waals surface area contributed by atoms with E-state index in [1.165, 1.54) is 6.07 Å². The van der Waals surface area contributed by atoms with E-state index in [4.69, 9.17) is 20.4 Å². The van der Waals surface area contributed by atoms with Gasteiger partial charge < -0.3 is 15.8 Å². The highest BCUT2D eigenvalue weighted by Crippen LogP contribution is 2.33. The Kier molecular flexibility index (Phi) is 5.42. The highest BCUT2D eigenvalue weighted by molar-refractivity contribution is 6.06. The minimum atomic E-state index is -0.682. The lowest BCUT2D eigenvalue weighted by Crippen LogP contribution is -2.13. The predicted octanol–water partition coefficient (Wildman–Crippen LogP) is 4.29. The van der Waals surface area contributed by atoms with Crippen molar-refractivity contribution in [3.8, 4) is 11.7 Å². The van der Waals surface area contributed by atoms with Gasteiger partial charge in [0.25, 0.3) is 0 Å². The van der Waals surface area contributed by atoms with Crippen molar-refractivity contribution in [1.29, 1.82) is 0 Å². The third-order valence-electron chi connectivity index (χ3n) is 5.82. The van der Waals surface area contributed by atoms with Crippen LogP contribution in [0, 0.1) is 12.7 Å². The first-order chi connectivity index (χ1) is 16.0. The van der Waals surface area contributed by atoms with E-state index >= 15 is 0 Å². The Morgan fingerprint density at radius 1 is 1.18 bits per heavy atom. The third kappa shape index (κ3) is 4.00. The predicted molar refractivity (Wildman–Crippen MR) is 124 cm³/mol. The van der Waals surface area contributed by atoms with Crippen molar-refractivity contribution in [2.45, 2.75) is 32.7 Å². The van der Waals surface area contributed by atoms with E-state index in [1.54, 1.807) is 10.6 Å². The minimum absolute atomic E-state index is 0.132. The topological polar surface area (TPSA) is 95.1 Å². The Labute approximate surface area is 190 Å². The van der Waals surface area contributed by atoms with Crippen LogP contribution in [-0.4, -0.2) is 27.0 Å². The molecule has 1 amide bonds. The number of aryl methyl sites for hydroxylation is 2. The van der Waals surface area contributed by atoms with E-state index in [0.29, 0.717) is 41.6 Å². The quantitative estimate of drug-likeness (QED) is 0.478. The molecule has 3 heterocycles. The van der Waals surface area contributed by atoms with Gasteiger partial charge in [-0.2, -0.15) is 4.98 Å². The van der Waals surface area contributed by atoms with Gasteiger partial charge in [0.2, 0.25) is 11.9 Å². The van der Waals surface area contributed by atoms with Gasteiger partial charge in [0.15, 0.2) is 11.6 Å². The lowest BCUT2D eigenvalue weighted by Gasteiger charge is -2.16. The summed E-state index contributed by atoms with van der Waals surface area (Å²) in [7, 11) is 0. The fourth-order valence-electron chi connectivity index (χ4n) is 4.25. The Hall–Kier alpha value is -3.94. The van der Waals surface area contributed by atoms with Gasteiger partial charge in [0, 0.05) is 17.6 Å². The second-order valence-corrected chi connectivity index (χ2v) is 8.16. The number of benzene rings is 2. The maximum absolute atomic E-state index is 14.4. The van der Waals surface area contributed by atoms with Crippen molar-refractivity contribution in [1.82, 2.24) is 14.5 Å². The number of fused-ring (bicyclic) bond motifs is 2. The molecular weight excluding hydrogens is 421 g/mol. The van der Waals surface area contributed by atoms with Crippen LogP contribution in [-0.2, 0) is 13.0 Å². The van der Waals surface area contributed by atoms with Crippen LogP contribution in [0.2, 0.25) is 0 Å². The second-order valence-electron chi connectivity index (χ2n) is 8.16. The van der Waals surface area contributed by atoms with E-state index < -0.39 is 11.7 Å². The molecule has 0 radical (unpaired) electrons. The van der Waals surface area contributed by atoms with Gasteiger partial charge >= 0.3 is 0 Å². The molecule has 168 valence electrons. The molecule has 0 aliphatic carbocycles. The third-order valence-corrected chi connectivity index (χ3v) is 5.82. The van der Waals surface area contributed by atoms with Gasteiger partial charge in [-0.15, -0.1) is 0 Å². The summed E-state index contributed by atoms with van der Waals surface area (Å²) in [6.07, 6.45) is 2.64. The van der Waals surface area contributed by atoms with Gasteiger partial charge in [-0.25, -0.2) is 9.37 Å². The summed E-state index contributed by atoms with van der Waals surface area (Å²) >= 11 is 0. The summed E-state index contributed by atoms with van der Waals surface area (Å²) in [6, 6.07) is 14.3. The summed E-state index contributed by atoms with van der Waals surface area (Å²) in [4.78, 5) is 21.5. The molecule has 8 heteroatoms. The zero-order chi connectivity index (χ0) is 22.9. The van der Waals surface area contributed by atoms with E-state index in [9.17, 15) is 9.18 Å². The fourth-order valence-corrected chi connectivity index (χ4v) is 4.25. The van der Waals surface area contributed by atoms with Crippen molar-refractivity contribution in [2.24, 2.45) is 5.73 Å². The van der Waals surface area contributed by atoms with Crippen LogP contribution in [0.5, 0.6) is 5.75 Å². The largest absolute Gasteiger partial charge is 0.488 e. The Balaban J connectivity index is 1.66. The zero-order valence-electron chi connectivity index (χ0n) is 18.3. The first-order valence-corrected chi connectivity index (χ1v) is 10.9. The van der Waals surface area contributed by atoms with Crippen LogP contribution in [0.25, 0.3) is 16.9 Å². The minimum Gasteiger partial charge on any atom is -0.488 e. The Morgan fingerprint density at radius 2 is 2.00 bits per heavy atom. The van der Waals surface area contributed by atoms with Crippen LogP contribution in [0.4, 0.5) is 10.2 Å². The number of hydrogen-bond donors (Lipinski definition) is 2. The van der Waals surface area contributed by atoms with Crippen molar-refractivity contribution in [3.63, 3.8) is 0 Å². The number of carbonyl (C=O) groups is 1. The number of halogens is 1. The maximum Gasteiger partial charge on any atom is 0.249 e. The highest BCUT2D eigenvalue weighted by atomic mass is 19.1. The molecule has 5 rings (SSSR count). The average Bonchev–Trinajstić information content (AvgIpc) is 2.96. The zero-order valence-corrected chi connectivity index (χ0v) is 18.3. The molecule has 33 heavy (non-hydrogen) atoms. The molecule has 7 nitrogen and oxygen atoms in total. The molecule has 0 saturated heterocycles. The summed E-state index contributed by atoms with van der Waals surface area (Å²) in [6.45, 7) is 3.04. The average molecular weight is 445 g/mol. The fraction of sp³-hybridized carbons (Fsp3) is 0.240. The lowest BCUT2D eigenvalue weighted by atomic mass is 10.1. The van der Waals surface area contributed by atoms with E-state index in [0.717, 1.165) is 42.3 Å². The molecule has 4 aromatic rings. The number of nitrogens with zero attached hydrogens (tertiary/aromatic N) is 3. The molecule has 0 atom stereocenters. The summed E-state index contributed by atoms with van der Waals surface area (Å²) < 4.78 is 22.1. The summed E-state index contributed by atoms with van der Waals surface area (Å²) in [5, 5.41) is 3.95. The second kappa shape index (κ2) is 8.54. The van der Waals surface area contributed by atoms with E-state index in [-0.39, 0.29) is 5.56 Å². The molecule has 0 unspecified atom stereocenters. The van der Waals surface area contributed by atoms with Crippen LogP contribution < -0.4 is 15.8 Å². The Morgan fingerprint density at radius 3 is 2.79 bits per heavy atom. The lowest BCUT2D eigenvalue weighted by molar-refractivity contribution is 0.100. The number of amides is 1. The molecule has 0 spiro atoms. The first kappa shape index (κ1) is 20.9. The van der Waals surface area contributed by atoms with Crippen LogP contribution in [0.15, 0.2) is 48.5 Å². The molecule has 2 aromatic carbocycles. The monoisotopic (exact) mass is 445 g/mol. The van der Waals surface area contributed by atoms with Gasteiger partial charge in [-0.3, -0.25) is 9.36 Å². The highest BCUT2D eigenvalue weighted by Gasteiger charge is 2.22. The Bertz CT molecular complexity index is 1350. The number of aromatic nitrogens is 3. The number of nitrogens with one attached hydrogen (secondary N) is 1. The van der Waals surface area contributed by atoms with Crippen molar-refractivity contribution in [2.75, 3.05) is 11.9 Å². The summed E-state index contributed by atoms with van der Waals surface area (Å²) in [5.41, 5.74) is 8.80. The number of primary amides is 1. The van der Waals surface area contributed by atoms with Crippen LogP contribution in [0.1, 0.15) is 40.2 Å². The standard InChI is InChI=1S/C25H24FN5O2/c1-15-11-18-19(23(27)32)12-17(26)13-21(18)31(15)25-29-20-9-5-6-10-33-22(20)24(30-25)28-14-16-7-3-2-4-8-16/h2-4,7-8,11-13H,5-6,9-10,14H2,1H3,(H2,27,32)(H,28,29,30). The van der Waals surface area contributed by atoms with Crippen molar-refractivity contribution in [3.05, 3.63) is 76.9 Å². The molecule has 0 saturated carbocycles. The molecule has 1 aliphatic heterocycles. The van der Waals surface area contributed by atoms with E-state index in [1.807, 2.05) is 37.3 Å². The molecule has 3 N–H and O–H groups in total. The number of hydrogen-bond acceptors (Lipinski definition) is 5. The van der Waals surface area contributed by atoms with E-state index in [2.05, 4.69) is 5.32 Å². The van der Waals surface area contributed by atoms with Crippen molar-refractivity contribution < 1.29 is 13.9 Å². The molecule has 0 fully saturated rings. The normalized spacial score (nSPS) is 13.3. The number of rotatable bonds is 5. The number of anilines is 1. The van der Waals surface area contributed by atoms with Gasteiger partial charge in [0.1, 0.15) is 5.82 Å².